The molecule has 0 saturated heterocycles. The molecule has 0 bridgehead atoms. The Morgan fingerprint density at radius 3 is 2.41 bits per heavy atom. The molecule has 0 spiro atoms. The number of ether oxygens (including phenoxy) is 2. The summed E-state index contributed by atoms with van der Waals surface area (Å²) in [5.74, 6) is 1.18. The Bertz CT molecular complexity index is 838. The number of pyridine rings is 1. The number of hydrogen-bond donors (Lipinski definition) is 1. The fraction of sp³-hybridized carbons (Fsp3) is 0.182. The summed E-state index contributed by atoms with van der Waals surface area (Å²) in [6, 6.07) is 22.5. The van der Waals surface area contributed by atoms with Gasteiger partial charge in [-0.15, -0.1) is 0 Å². The van der Waals surface area contributed by atoms with Crippen molar-refractivity contribution in [1.82, 2.24) is 10.3 Å². The van der Waals surface area contributed by atoms with Crippen molar-refractivity contribution in [3.63, 3.8) is 0 Å². The lowest BCUT2D eigenvalue weighted by Crippen LogP contribution is -2.26. The molecule has 5 heteroatoms. The monoisotopic (exact) mass is 362 g/mol. The highest BCUT2D eigenvalue weighted by molar-refractivity contribution is 5.96. The molecule has 3 rings (SSSR count). The molecule has 0 aliphatic heterocycles. The van der Waals surface area contributed by atoms with Crippen LogP contribution in [0.25, 0.3) is 0 Å². The van der Waals surface area contributed by atoms with Gasteiger partial charge in [0.1, 0.15) is 24.7 Å². The highest BCUT2D eigenvalue weighted by atomic mass is 16.5. The molecule has 0 unspecified atom stereocenters. The van der Waals surface area contributed by atoms with Crippen molar-refractivity contribution in [2.45, 2.75) is 6.42 Å². The maximum atomic E-state index is 12.5. The summed E-state index contributed by atoms with van der Waals surface area (Å²) in [5.41, 5.74) is 1.46. The number of aromatic nitrogens is 1. The number of nitrogens with one attached hydrogen (secondary N) is 1. The number of carbonyl (C=O) groups is 1. The van der Waals surface area contributed by atoms with E-state index in [9.17, 15) is 4.79 Å². The largest absolute Gasteiger partial charge is 0.490 e. The fourth-order valence-corrected chi connectivity index (χ4v) is 2.55. The topological polar surface area (TPSA) is 60.5 Å². The zero-order valence-electron chi connectivity index (χ0n) is 15.0. The third kappa shape index (κ3) is 5.85. The van der Waals surface area contributed by atoms with Crippen molar-refractivity contribution in [3.8, 4) is 11.5 Å². The summed E-state index contributed by atoms with van der Waals surface area (Å²) < 4.78 is 11.4. The van der Waals surface area contributed by atoms with Gasteiger partial charge in [-0.1, -0.05) is 36.4 Å². The molecule has 27 heavy (non-hydrogen) atoms. The standard InChI is InChI=1S/C22H22N2O3/c25-22(24-15-13-18-8-6-7-14-23-18)20-11-4-5-12-21(20)27-17-16-26-19-9-2-1-3-10-19/h1-12,14H,13,15-17H2,(H,24,25). The van der Waals surface area contributed by atoms with Gasteiger partial charge in [-0.05, 0) is 36.4 Å². The van der Waals surface area contributed by atoms with Gasteiger partial charge in [-0.2, -0.15) is 0 Å². The molecule has 0 aliphatic carbocycles. The van der Waals surface area contributed by atoms with Gasteiger partial charge in [-0.25, -0.2) is 0 Å². The first-order valence-corrected chi connectivity index (χ1v) is 8.91. The molecule has 0 atom stereocenters. The second kappa shape index (κ2) is 9.97. The Morgan fingerprint density at radius 2 is 1.59 bits per heavy atom. The van der Waals surface area contributed by atoms with E-state index in [0.717, 1.165) is 11.4 Å². The lowest BCUT2D eigenvalue weighted by atomic mass is 10.2. The van der Waals surface area contributed by atoms with E-state index in [0.29, 0.717) is 37.5 Å². The van der Waals surface area contributed by atoms with Crippen molar-refractivity contribution in [1.29, 1.82) is 0 Å². The van der Waals surface area contributed by atoms with Gasteiger partial charge >= 0.3 is 0 Å². The maximum Gasteiger partial charge on any atom is 0.255 e. The third-order valence-corrected chi connectivity index (χ3v) is 3.88. The number of nitrogens with zero attached hydrogens (tertiary/aromatic N) is 1. The second-order valence-corrected chi connectivity index (χ2v) is 5.83. The number of hydrogen-bond acceptors (Lipinski definition) is 4. The van der Waals surface area contributed by atoms with Gasteiger partial charge < -0.3 is 14.8 Å². The minimum Gasteiger partial charge on any atom is -0.490 e. The van der Waals surface area contributed by atoms with Gasteiger partial charge in [0.25, 0.3) is 5.91 Å². The molecule has 1 aromatic heterocycles. The molecule has 0 saturated carbocycles. The predicted molar refractivity (Wildman–Crippen MR) is 104 cm³/mol. The van der Waals surface area contributed by atoms with Crippen LogP contribution in [0.1, 0.15) is 16.1 Å². The Hall–Kier alpha value is -3.34. The molecule has 0 aliphatic rings. The lowest BCUT2D eigenvalue weighted by Gasteiger charge is -2.12. The molecule has 138 valence electrons. The van der Waals surface area contributed by atoms with Crippen LogP contribution >= 0.6 is 0 Å². The third-order valence-electron chi connectivity index (χ3n) is 3.88. The number of para-hydroxylation sites is 2. The van der Waals surface area contributed by atoms with Gasteiger partial charge in [0.15, 0.2) is 0 Å². The van der Waals surface area contributed by atoms with Crippen LogP contribution in [-0.2, 0) is 6.42 Å². The Balaban J connectivity index is 1.48. The van der Waals surface area contributed by atoms with E-state index >= 15 is 0 Å². The van der Waals surface area contributed by atoms with Crippen molar-refractivity contribution in [3.05, 3.63) is 90.3 Å². The fourth-order valence-electron chi connectivity index (χ4n) is 2.55. The summed E-state index contributed by atoms with van der Waals surface area (Å²) in [5, 5.41) is 2.91. The van der Waals surface area contributed by atoms with Crippen LogP contribution in [0.4, 0.5) is 0 Å². The molecule has 1 heterocycles. The quantitative estimate of drug-likeness (QED) is 0.592. The zero-order valence-corrected chi connectivity index (χ0v) is 15.0. The first-order chi connectivity index (χ1) is 13.3. The molecule has 5 nitrogen and oxygen atoms in total. The second-order valence-electron chi connectivity index (χ2n) is 5.83. The summed E-state index contributed by atoms with van der Waals surface area (Å²) in [6.45, 7) is 1.27. The molecular weight excluding hydrogens is 340 g/mol. The van der Waals surface area contributed by atoms with E-state index in [1.807, 2.05) is 60.7 Å². The minimum atomic E-state index is -0.162. The maximum absolute atomic E-state index is 12.5. The van der Waals surface area contributed by atoms with Gasteiger partial charge in [-0.3, -0.25) is 9.78 Å². The summed E-state index contributed by atoms with van der Waals surface area (Å²) in [4.78, 5) is 16.7. The van der Waals surface area contributed by atoms with Crippen LogP contribution in [-0.4, -0.2) is 30.6 Å². The van der Waals surface area contributed by atoms with Crippen LogP contribution in [0.15, 0.2) is 79.0 Å². The lowest BCUT2D eigenvalue weighted by molar-refractivity contribution is 0.0949. The van der Waals surface area contributed by atoms with E-state index in [1.165, 1.54) is 0 Å². The number of carbonyl (C=O) groups excluding carboxylic acids is 1. The van der Waals surface area contributed by atoms with E-state index in [2.05, 4.69) is 10.3 Å². The van der Waals surface area contributed by atoms with E-state index in [-0.39, 0.29) is 5.91 Å². The average molecular weight is 362 g/mol. The predicted octanol–water partition coefficient (Wildman–Crippen LogP) is 3.51. The van der Waals surface area contributed by atoms with E-state index in [1.54, 1.807) is 18.3 Å². The van der Waals surface area contributed by atoms with Crippen LogP contribution in [0.3, 0.4) is 0 Å². The highest BCUT2D eigenvalue weighted by Gasteiger charge is 2.11. The number of benzene rings is 2. The summed E-state index contributed by atoms with van der Waals surface area (Å²) in [7, 11) is 0. The van der Waals surface area contributed by atoms with Crippen molar-refractivity contribution in [2.24, 2.45) is 0 Å². The molecule has 1 N–H and O–H groups in total. The molecule has 0 radical (unpaired) electrons. The average Bonchev–Trinajstić information content (AvgIpc) is 2.73. The van der Waals surface area contributed by atoms with Crippen molar-refractivity contribution in [2.75, 3.05) is 19.8 Å². The number of amides is 1. The summed E-state index contributed by atoms with van der Waals surface area (Å²) >= 11 is 0. The number of rotatable bonds is 9. The first kappa shape index (κ1) is 18.5. The molecule has 1 amide bonds. The van der Waals surface area contributed by atoms with E-state index in [4.69, 9.17) is 9.47 Å². The Kier molecular flexibility index (Phi) is 6.81. The van der Waals surface area contributed by atoms with Crippen LogP contribution in [0.2, 0.25) is 0 Å². The SMILES string of the molecule is O=C(NCCc1ccccn1)c1ccccc1OCCOc1ccccc1. The Labute approximate surface area is 159 Å². The van der Waals surface area contributed by atoms with Gasteiger partial charge in [0.2, 0.25) is 0 Å². The van der Waals surface area contributed by atoms with Crippen LogP contribution in [0.5, 0.6) is 11.5 Å². The van der Waals surface area contributed by atoms with Gasteiger partial charge in [0, 0.05) is 24.9 Å². The highest BCUT2D eigenvalue weighted by Crippen LogP contribution is 2.18. The van der Waals surface area contributed by atoms with Crippen LogP contribution in [0, 0.1) is 0 Å². The van der Waals surface area contributed by atoms with Gasteiger partial charge in [0.05, 0.1) is 5.56 Å². The summed E-state index contributed by atoms with van der Waals surface area (Å²) in [6.07, 6.45) is 2.43. The minimum absolute atomic E-state index is 0.162. The van der Waals surface area contributed by atoms with Crippen LogP contribution < -0.4 is 14.8 Å². The molecular formula is C22H22N2O3. The Morgan fingerprint density at radius 1 is 0.852 bits per heavy atom. The van der Waals surface area contributed by atoms with Crippen molar-refractivity contribution < 1.29 is 14.3 Å². The normalized spacial score (nSPS) is 10.2. The zero-order chi connectivity index (χ0) is 18.7. The van der Waals surface area contributed by atoms with Crippen molar-refractivity contribution >= 4 is 5.91 Å². The molecule has 3 aromatic rings. The molecule has 2 aromatic carbocycles. The smallest absolute Gasteiger partial charge is 0.255 e. The first-order valence-electron chi connectivity index (χ1n) is 8.91. The van der Waals surface area contributed by atoms with E-state index < -0.39 is 0 Å². The molecule has 0 fully saturated rings.